The summed E-state index contributed by atoms with van der Waals surface area (Å²) in [5.41, 5.74) is 1.47. The van der Waals surface area contributed by atoms with E-state index in [1.807, 2.05) is 51.2 Å². The molecule has 5 nitrogen and oxygen atoms in total. The molecule has 0 aliphatic rings. The largest absolute Gasteiger partial charge is 0.360 e. The summed E-state index contributed by atoms with van der Waals surface area (Å²) in [4.78, 5) is 23.3. The Balaban J connectivity index is 2.13. The molecule has 1 amide bonds. The summed E-state index contributed by atoms with van der Waals surface area (Å²) >= 11 is 0. The average Bonchev–Trinajstić information content (AvgIpc) is 2.59. The van der Waals surface area contributed by atoms with Gasteiger partial charge in [0.15, 0.2) is 0 Å². The van der Waals surface area contributed by atoms with Crippen LogP contribution in [0.5, 0.6) is 0 Å². The van der Waals surface area contributed by atoms with Crippen molar-refractivity contribution in [2.75, 3.05) is 18.5 Å². The smallest absolute Gasteiger partial charge is 0.270 e. The highest BCUT2D eigenvalue weighted by Gasteiger charge is 2.15. The Kier molecular flexibility index (Phi) is 6.29. The van der Waals surface area contributed by atoms with Crippen molar-refractivity contribution in [3.05, 3.63) is 53.5 Å². The van der Waals surface area contributed by atoms with Gasteiger partial charge in [-0.3, -0.25) is 4.79 Å². The van der Waals surface area contributed by atoms with Crippen molar-refractivity contribution in [2.45, 2.75) is 39.7 Å². The van der Waals surface area contributed by atoms with Crippen LogP contribution in [-0.4, -0.2) is 29.5 Å². The molecule has 1 unspecified atom stereocenters. The van der Waals surface area contributed by atoms with E-state index in [1.165, 1.54) is 0 Å². The third kappa shape index (κ3) is 4.78. The first kappa shape index (κ1) is 17.9. The molecule has 5 heteroatoms. The lowest BCUT2D eigenvalue weighted by Gasteiger charge is -2.19. The lowest BCUT2D eigenvalue weighted by molar-refractivity contribution is 0.0934. The van der Waals surface area contributed by atoms with Crippen LogP contribution in [0.25, 0.3) is 0 Å². The second kappa shape index (κ2) is 8.43. The zero-order valence-electron chi connectivity index (χ0n) is 14.9. The minimum atomic E-state index is -0.179. The Morgan fingerprint density at radius 2 is 1.96 bits per heavy atom. The molecule has 24 heavy (non-hydrogen) atoms. The third-order valence-electron chi connectivity index (χ3n) is 3.94. The molecule has 2 rings (SSSR count). The quantitative estimate of drug-likeness (QED) is 0.846. The van der Waals surface area contributed by atoms with Gasteiger partial charge in [-0.15, -0.1) is 0 Å². The first-order valence-electron chi connectivity index (χ1n) is 8.44. The molecular formula is C19H26N4O. The number of anilines is 1. The maximum Gasteiger partial charge on any atom is 0.270 e. The van der Waals surface area contributed by atoms with Crippen LogP contribution in [0.4, 0.5) is 5.82 Å². The number of nitrogens with zero attached hydrogens (tertiary/aromatic N) is 3. The minimum Gasteiger partial charge on any atom is -0.360 e. The standard InChI is InChI=1S/C19H26N4O/c1-5-6-12-23(4)18-13-17(21-15(3)22-18)19(24)20-14(2)16-10-8-7-9-11-16/h7-11,13-14H,5-6,12H2,1-4H3,(H,20,24). The van der Waals surface area contributed by atoms with Crippen LogP contribution in [-0.2, 0) is 0 Å². The summed E-state index contributed by atoms with van der Waals surface area (Å²) < 4.78 is 0. The Morgan fingerprint density at radius 1 is 1.25 bits per heavy atom. The molecule has 1 heterocycles. The second-order valence-corrected chi connectivity index (χ2v) is 6.04. The van der Waals surface area contributed by atoms with E-state index in [4.69, 9.17) is 0 Å². The number of hydrogen-bond acceptors (Lipinski definition) is 4. The van der Waals surface area contributed by atoms with Gasteiger partial charge >= 0.3 is 0 Å². The normalized spacial score (nSPS) is 11.8. The summed E-state index contributed by atoms with van der Waals surface area (Å²) in [6, 6.07) is 11.6. The Hall–Kier alpha value is -2.43. The lowest BCUT2D eigenvalue weighted by atomic mass is 10.1. The van der Waals surface area contributed by atoms with Gasteiger partial charge in [-0.25, -0.2) is 9.97 Å². The van der Waals surface area contributed by atoms with E-state index in [9.17, 15) is 4.79 Å². The molecule has 1 aromatic heterocycles. The summed E-state index contributed by atoms with van der Waals surface area (Å²) in [6.45, 7) is 6.85. The molecule has 0 saturated heterocycles. The summed E-state index contributed by atoms with van der Waals surface area (Å²) in [7, 11) is 1.99. The highest BCUT2D eigenvalue weighted by Crippen LogP contribution is 2.15. The van der Waals surface area contributed by atoms with Gasteiger partial charge in [0, 0.05) is 19.7 Å². The number of amides is 1. The molecule has 1 aromatic carbocycles. The number of aryl methyl sites for hydroxylation is 1. The topological polar surface area (TPSA) is 58.1 Å². The van der Waals surface area contributed by atoms with Crippen LogP contribution in [0.2, 0.25) is 0 Å². The van der Waals surface area contributed by atoms with Crippen LogP contribution in [0, 0.1) is 6.92 Å². The van der Waals surface area contributed by atoms with Crippen molar-refractivity contribution < 1.29 is 4.79 Å². The van der Waals surface area contributed by atoms with E-state index in [2.05, 4.69) is 27.1 Å². The number of hydrogen-bond donors (Lipinski definition) is 1. The van der Waals surface area contributed by atoms with Crippen molar-refractivity contribution >= 4 is 11.7 Å². The van der Waals surface area contributed by atoms with E-state index < -0.39 is 0 Å². The number of aromatic nitrogens is 2. The fourth-order valence-electron chi connectivity index (χ4n) is 2.47. The van der Waals surface area contributed by atoms with Crippen LogP contribution in [0.3, 0.4) is 0 Å². The van der Waals surface area contributed by atoms with Crippen LogP contribution < -0.4 is 10.2 Å². The van der Waals surface area contributed by atoms with Gasteiger partial charge in [0.1, 0.15) is 17.3 Å². The van der Waals surface area contributed by atoms with E-state index in [0.717, 1.165) is 30.8 Å². The van der Waals surface area contributed by atoms with Gasteiger partial charge in [-0.2, -0.15) is 0 Å². The molecule has 128 valence electrons. The fraction of sp³-hybridized carbons (Fsp3) is 0.421. The predicted molar refractivity (Wildman–Crippen MR) is 97.3 cm³/mol. The van der Waals surface area contributed by atoms with Crippen molar-refractivity contribution in [2.24, 2.45) is 0 Å². The van der Waals surface area contributed by atoms with Gasteiger partial charge in [-0.1, -0.05) is 43.7 Å². The van der Waals surface area contributed by atoms with Gasteiger partial charge in [0.05, 0.1) is 6.04 Å². The molecule has 0 radical (unpaired) electrons. The highest BCUT2D eigenvalue weighted by molar-refractivity contribution is 5.93. The Morgan fingerprint density at radius 3 is 2.62 bits per heavy atom. The third-order valence-corrected chi connectivity index (χ3v) is 3.94. The molecule has 1 atom stereocenters. The Labute approximate surface area is 144 Å². The molecule has 0 aliphatic heterocycles. The fourth-order valence-corrected chi connectivity index (χ4v) is 2.47. The van der Waals surface area contributed by atoms with E-state index >= 15 is 0 Å². The number of carbonyl (C=O) groups excluding carboxylic acids is 1. The number of unbranched alkanes of at least 4 members (excludes halogenated alkanes) is 1. The van der Waals surface area contributed by atoms with Crippen LogP contribution in [0.1, 0.15) is 54.6 Å². The average molecular weight is 326 g/mol. The van der Waals surface area contributed by atoms with E-state index in [-0.39, 0.29) is 11.9 Å². The monoisotopic (exact) mass is 326 g/mol. The predicted octanol–water partition coefficient (Wildman–Crippen LogP) is 3.51. The van der Waals surface area contributed by atoms with Crippen LogP contribution in [0.15, 0.2) is 36.4 Å². The first-order chi connectivity index (χ1) is 11.5. The molecule has 2 aromatic rings. The maximum absolute atomic E-state index is 12.5. The SMILES string of the molecule is CCCCN(C)c1cc(C(=O)NC(C)c2ccccc2)nc(C)n1. The summed E-state index contributed by atoms with van der Waals surface area (Å²) in [5.74, 6) is 1.21. The van der Waals surface area contributed by atoms with Gasteiger partial charge in [0.2, 0.25) is 0 Å². The number of benzene rings is 1. The molecule has 0 spiro atoms. The number of rotatable bonds is 7. The summed E-state index contributed by atoms with van der Waals surface area (Å²) in [5, 5.41) is 3.00. The van der Waals surface area contributed by atoms with E-state index in [0.29, 0.717) is 11.5 Å². The minimum absolute atomic E-state index is 0.0738. The number of carbonyl (C=O) groups is 1. The molecule has 1 N–H and O–H groups in total. The van der Waals surface area contributed by atoms with Gasteiger partial charge in [-0.05, 0) is 25.8 Å². The first-order valence-corrected chi connectivity index (χ1v) is 8.44. The molecule has 0 saturated carbocycles. The Bertz CT molecular complexity index is 672. The lowest BCUT2D eigenvalue weighted by Crippen LogP contribution is -2.28. The maximum atomic E-state index is 12.5. The van der Waals surface area contributed by atoms with Crippen molar-refractivity contribution in [1.29, 1.82) is 0 Å². The summed E-state index contributed by atoms with van der Waals surface area (Å²) in [6.07, 6.45) is 2.21. The van der Waals surface area contributed by atoms with Gasteiger partial charge < -0.3 is 10.2 Å². The van der Waals surface area contributed by atoms with Crippen LogP contribution >= 0.6 is 0 Å². The molecular weight excluding hydrogens is 300 g/mol. The van der Waals surface area contributed by atoms with Gasteiger partial charge in [0.25, 0.3) is 5.91 Å². The van der Waals surface area contributed by atoms with E-state index in [1.54, 1.807) is 6.07 Å². The van der Waals surface area contributed by atoms with Crippen molar-refractivity contribution in [1.82, 2.24) is 15.3 Å². The molecule has 0 aliphatic carbocycles. The van der Waals surface area contributed by atoms with Crippen molar-refractivity contribution in [3.63, 3.8) is 0 Å². The highest BCUT2D eigenvalue weighted by atomic mass is 16.1. The number of nitrogens with one attached hydrogen (secondary N) is 1. The second-order valence-electron chi connectivity index (χ2n) is 6.04. The molecule has 0 bridgehead atoms. The zero-order chi connectivity index (χ0) is 17.5. The zero-order valence-corrected chi connectivity index (χ0v) is 14.9. The van der Waals surface area contributed by atoms with Crippen molar-refractivity contribution in [3.8, 4) is 0 Å². The molecule has 0 fully saturated rings.